The summed E-state index contributed by atoms with van der Waals surface area (Å²) in [4.78, 5) is 1.25. The Hall–Kier alpha value is -0.780. The Bertz CT molecular complexity index is 423. The highest BCUT2D eigenvalue weighted by atomic mass is 32.2. The van der Waals surface area contributed by atoms with Gasteiger partial charge in [-0.05, 0) is 36.4 Å². The van der Waals surface area contributed by atoms with Gasteiger partial charge in [0.2, 0.25) is 0 Å². The predicted octanol–water partition coefficient (Wildman–Crippen LogP) is 2.98. The molecule has 0 aliphatic carbocycles. The average Bonchev–Trinajstić information content (AvgIpc) is 2.98. The third-order valence-corrected chi connectivity index (χ3v) is 4.09. The number of thioether (sulfide) groups is 1. The maximum atomic E-state index is 4.13. The van der Waals surface area contributed by atoms with Gasteiger partial charge in [0.05, 0.1) is 16.8 Å². The van der Waals surface area contributed by atoms with Gasteiger partial charge in [0, 0.05) is 12.1 Å². The SMILES string of the molecule is CSCCCNCc1cn[nH]c1-c1cccs1. The summed E-state index contributed by atoms with van der Waals surface area (Å²) in [6.07, 6.45) is 5.27. The zero-order valence-corrected chi connectivity index (χ0v) is 11.5. The summed E-state index contributed by atoms with van der Waals surface area (Å²) < 4.78 is 0. The van der Waals surface area contributed by atoms with Crippen molar-refractivity contribution < 1.29 is 0 Å². The standard InChI is InChI=1S/C12H17N3S2/c1-16-6-3-5-13-8-10-9-14-15-12(10)11-4-2-7-17-11/h2,4,7,9,13H,3,5-6,8H2,1H3,(H,14,15). The molecule has 0 atom stereocenters. The van der Waals surface area contributed by atoms with Crippen LogP contribution in [0, 0.1) is 0 Å². The molecule has 2 rings (SSSR count). The lowest BCUT2D eigenvalue weighted by atomic mass is 10.2. The van der Waals surface area contributed by atoms with E-state index in [-0.39, 0.29) is 0 Å². The average molecular weight is 267 g/mol. The maximum absolute atomic E-state index is 4.13. The van der Waals surface area contributed by atoms with E-state index in [9.17, 15) is 0 Å². The molecule has 0 radical (unpaired) electrons. The molecule has 0 aromatic carbocycles. The third kappa shape index (κ3) is 3.59. The Morgan fingerprint density at radius 3 is 3.24 bits per heavy atom. The molecule has 0 unspecified atom stereocenters. The van der Waals surface area contributed by atoms with Crippen LogP contribution in [0.25, 0.3) is 10.6 Å². The first-order chi connectivity index (χ1) is 8.42. The number of nitrogens with zero attached hydrogens (tertiary/aromatic N) is 1. The van der Waals surface area contributed by atoms with E-state index in [2.05, 4.69) is 39.3 Å². The van der Waals surface area contributed by atoms with Crippen molar-refractivity contribution in [1.29, 1.82) is 0 Å². The van der Waals surface area contributed by atoms with Crippen LogP contribution in [-0.2, 0) is 6.54 Å². The molecule has 2 aromatic rings. The van der Waals surface area contributed by atoms with Crippen LogP contribution in [0.3, 0.4) is 0 Å². The summed E-state index contributed by atoms with van der Waals surface area (Å²) in [5, 5.41) is 12.8. The molecular weight excluding hydrogens is 250 g/mol. The van der Waals surface area contributed by atoms with Crippen LogP contribution >= 0.6 is 23.1 Å². The number of hydrogen-bond acceptors (Lipinski definition) is 4. The summed E-state index contributed by atoms with van der Waals surface area (Å²) in [6, 6.07) is 4.19. The van der Waals surface area contributed by atoms with Crippen molar-refractivity contribution in [2.24, 2.45) is 0 Å². The molecule has 0 spiro atoms. The largest absolute Gasteiger partial charge is 0.313 e. The van der Waals surface area contributed by atoms with Gasteiger partial charge in [-0.3, -0.25) is 5.10 Å². The highest BCUT2D eigenvalue weighted by molar-refractivity contribution is 7.98. The van der Waals surface area contributed by atoms with Gasteiger partial charge in [-0.2, -0.15) is 16.9 Å². The second-order valence-electron chi connectivity index (χ2n) is 3.77. The topological polar surface area (TPSA) is 40.7 Å². The van der Waals surface area contributed by atoms with E-state index in [1.807, 2.05) is 18.0 Å². The quantitative estimate of drug-likeness (QED) is 0.758. The van der Waals surface area contributed by atoms with Crippen molar-refractivity contribution in [2.75, 3.05) is 18.6 Å². The minimum absolute atomic E-state index is 0.887. The molecular formula is C12H17N3S2. The smallest absolute Gasteiger partial charge is 0.0794 e. The first-order valence-corrected chi connectivity index (χ1v) is 7.95. The Balaban J connectivity index is 1.87. The van der Waals surface area contributed by atoms with E-state index in [4.69, 9.17) is 0 Å². The lowest BCUT2D eigenvalue weighted by molar-refractivity contribution is 0.680. The monoisotopic (exact) mass is 267 g/mol. The van der Waals surface area contributed by atoms with Gasteiger partial charge in [0.25, 0.3) is 0 Å². The zero-order chi connectivity index (χ0) is 11.9. The van der Waals surface area contributed by atoms with Gasteiger partial charge >= 0.3 is 0 Å². The van der Waals surface area contributed by atoms with Crippen LogP contribution in [0.4, 0.5) is 0 Å². The molecule has 0 fully saturated rings. The van der Waals surface area contributed by atoms with Crippen molar-refractivity contribution in [3.05, 3.63) is 29.3 Å². The summed E-state index contributed by atoms with van der Waals surface area (Å²) in [5.74, 6) is 1.22. The molecule has 2 N–H and O–H groups in total. The second-order valence-corrected chi connectivity index (χ2v) is 5.70. The summed E-state index contributed by atoms with van der Waals surface area (Å²) in [7, 11) is 0. The zero-order valence-electron chi connectivity index (χ0n) is 9.90. The number of nitrogens with one attached hydrogen (secondary N) is 2. The van der Waals surface area contributed by atoms with Gasteiger partial charge in [0.15, 0.2) is 0 Å². The number of aromatic nitrogens is 2. The van der Waals surface area contributed by atoms with Crippen molar-refractivity contribution in [2.45, 2.75) is 13.0 Å². The molecule has 0 amide bonds. The molecule has 0 saturated heterocycles. The van der Waals surface area contributed by atoms with Gasteiger partial charge in [-0.15, -0.1) is 11.3 Å². The highest BCUT2D eigenvalue weighted by Gasteiger charge is 2.07. The Labute approximate surface area is 110 Å². The minimum Gasteiger partial charge on any atom is -0.313 e. The third-order valence-electron chi connectivity index (χ3n) is 2.50. The van der Waals surface area contributed by atoms with Gasteiger partial charge < -0.3 is 5.32 Å². The van der Waals surface area contributed by atoms with Gasteiger partial charge in [-0.1, -0.05) is 6.07 Å². The first-order valence-electron chi connectivity index (χ1n) is 5.67. The van der Waals surface area contributed by atoms with E-state index < -0.39 is 0 Å². The van der Waals surface area contributed by atoms with Crippen LogP contribution in [0.1, 0.15) is 12.0 Å². The summed E-state index contributed by atoms with van der Waals surface area (Å²) in [5.41, 5.74) is 2.40. The first kappa shape index (κ1) is 12.7. The predicted molar refractivity (Wildman–Crippen MR) is 76.6 cm³/mol. The fourth-order valence-corrected chi connectivity index (χ4v) is 2.83. The fraction of sp³-hybridized carbons (Fsp3) is 0.417. The fourth-order valence-electron chi connectivity index (χ4n) is 1.64. The van der Waals surface area contributed by atoms with Crippen molar-refractivity contribution in [3.8, 4) is 10.6 Å². The molecule has 0 saturated carbocycles. The molecule has 0 aliphatic rings. The minimum atomic E-state index is 0.887. The maximum Gasteiger partial charge on any atom is 0.0794 e. The summed E-state index contributed by atoms with van der Waals surface area (Å²) >= 11 is 3.63. The van der Waals surface area contributed by atoms with E-state index in [1.165, 1.54) is 22.6 Å². The van der Waals surface area contributed by atoms with Crippen LogP contribution in [0.2, 0.25) is 0 Å². The molecule has 2 aromatic heterocycles. The molecule has 3 nitrogen and oxygen atoms in total. The Kier molecular flexibility index (Phi) is 5.09. The molecule has 17 heavy (non-hydrogen) atoms. The second kappa shape index (κ2) is 6.83. The summed E-state index contributed by atoms with van der Waals surface area (Å²) in [6.45, 7) is 1.95. The van der Waals surface area contributed by atoms with E-state index in [0.29, 0.717) is 0 Å². The van der Waals surface area contributed by atoms with Gasteiger partial charge in [-0.25, -0.2) is 0 Å². The molecule has 5 heteroatoms. The number of H-pyrrole nitrogens is 1. The highest BCUT2D eigenvalue weighted by Crippen LogP contribution is 2.25. The van der Waals surface area contributed by atoms with E-state index in [1.54, 1.807) is 11.3 Å². The molecule has 0 bridgehead atoms. The normalized spacial score (nSPS) is 10.9. The number of thiophene rings is 1. The lowest BCUT2D eigenvalue weighted by Crippen LogP contribution is -2.15. The van der Waals surface area contributed by atoms with Crippen molar-refractivity contribution in [3.63, 3.8) is 0 Å². The molecule has 2 heterocycles. The number of aromatic amines is 1. The van der Waals surface area contributed by atoms with Crippen molar-refractivity contribution >= 4 is 23.1 Å². The van der Waals surface area contributed by atoms with E-state index >= 15 is 0 Å². The van der Waals surface area contributed by atoms with Gasteiger partial charge in [0.1, 0.15) is 0 Å². The number of rotatable bonds is 7. The lowest BCUT2D eigenvalue weighted by Gasteiger charge is -2.04. The molecule has 0 aliphatic heterocycles. The van der Waals surface area contributed by atoms with Crippen LogP contribution in [0.15, 0.2) is 23.7 Å². The number of hydrogen-bond donors (Lipinski definition) is 2. The van der Waals surface area contributed by atoms with E-state index in [0.717, 1.165) is 18.8 Å². The Morgan fingerprint density at radius 1 is 1.53 bits per heavy atom. The van der Waals surface area contributed by atoms with Crippen LogP contribution in [0.5, 0.6) is 0 Å². The van der Waals surface area contributed by atoms with Crippen LogP contribution in [-0.4, -0.2) is 28.8 Å². The molecule has 92 valence electrons. The van der Waals surface area contributed by atoms with Crippen LogP contribution < -0.4 is 5.32 Å². The Morgan fingerprint density at radius 2 is 2.47 bits per heavy atom. The van der Waals surface area contributed by atoms with Crippen molar-refractivity contribution in [1.82, 2.24) is 15.5 Å².